The van der Waals surface area contributed by atoms with Crippen molar-refractivity contribution in [1.82, 2.24) is 79.4 Å². The minimum atomic E-state index is -2.11. The monoisotopic (exact) mass is 1980 g/mol. The first kappa shape index (κ1) is 111. The van der Waals surface area contributed by atoms with Crippen molar-refractivity contribution in [3.8, 4) is 5.75 Å². The summed E-state index contributed by atoms with van der Waals surface area (Å²) < 4.78 is 11.5. The van der Waals surface area contributed by atoms with Gasteiger partial charge in [0.05, 0.1) is 25.0 Å². The molecule has 2 aliphatic carbocycles. The normalized spacial score (nSPS) is 21.3. The molecule has 0 radical (unpaired) electrons. The Balaban J connectivity index is 1.12. The maximum Gasteiger partial charge on any atom is 0.303 e. The number of ether oxygens (including phenoxy) is 2. The van der Waals surface area contributed by atoms with Gasteiger partial charge in [-0.3, -0.25) is 91.7 Å². The minimum Gasteiger partial charge on any atom is -0.492 e. The molecule has 0 bridgehead atoms. The molecule has 2 saturated heterocycles. The number of para-hydroxylation sites is 1. The average Bonchev–Trinajstić information content (AvgIpc) is 1.50. The number of rotatable bonds is 45. The van der Waals surface area contributed by atoms with E-state index in [9.17, 15) is 58.2 Å². The molecule has 5 aromatic rings. The van der Waals surface area contributed by atoms with Crippen LogP contribution in [-0.4, -0.2) is 262 Å². The number of aromatic nitrogens is 1. The number of hydrogen-bond acceptors (Lipinski definition) is 25. The molecule has 768 valence electrons. The number of hydrogen-bond donors (Lipinski definition) is 25. The predicted octanol–water partition coefficient (Wildman–Crippen LogP) is -3.02. The lowest BCUT2D eigenvalue weighted by atomic mass is 9.81. The van der Waals surface area contributed by atoms with Gasteiger partial charge >= 0.3 is 5.97 Å². The third-order valence-electron chi connectivity index (χ3n) is 25.6. The maximum absolute atomic E-state index is 16.1. The first-order valence-electron chi connectivity index (χ1n) is 47.8. The van der Waals surface area contributed by atoms with Crippen LogP contribution in [0.25, 0.3) is 21.7 Å². The van der Waals surface area contributed by atoms with Crippen LogP contribution in [0.1, 0.15) is 178 Å². The van der Waals surface area contributed by atoms with Gasteiger partial charge in [-0.25, -0.2) is 0 Å². The van der Waals surface area contributed by atoms with Crippen molar-refractivity contribution in [2.24, 2.45) is 52.0 Å². The van der Waals surface area contributed by atoms with Crippen molar-refractivity contribution >= 4 is 146 Å². The van der Waals surface area contributed by atoms with Crippen molar-refractivity contribution in [3.05, 3.63) is 114 Å². The molecule has 3 heterocycles. The number of aliphatic hydroxyl groups excluding tert-OH is 1. The molecule has 17 amide bonds. The molecule has 1 aromatic heterocycles. The molecule has 32 N–H and O–H groups in total. The van der Waals surface area contributed by atoms with Crippen LogP contribution in [-0.2, 0) is 110 Å². The number of fused-ring (bicyclic) bond motifs is 2. The number of aromatic amines is 1. The largest absolute Gasteiger partial charge is 0.492 e. The molecule has 4 aromatic carbocycles. The van der Waals surface area contributed by atoms with Crippen LogP contribution in [0.15, 0.2) is 97.2 Å². The Kier molecular flexibility index (Phi) is 43.6. The van der Waals surface area contributed by atoms with Crippen LogP contribution in [0.2, 0.25) is 0 Å². The SMILES string of the molecule is CC(O)C1NC(=O)C(CCC(N)=O)NC(=O)C(NC(=O)C(CCCNC(=N)N)NC2CCCC(C3CCCCCC3)CC2)CCSCC(C(=O)NC(Cc2ccc(OCCN)cc2)C(=O)NC(Cc2ccc3ccccc3c2)C(=O)NC2(C(=O)NC(CCC(=O)O)C(=O)NC(CC(N)=O)C(=O)NC(CC(N)=O)C(N)=O)CCOCC2)NC(=O)C(CCC(N)=O)NC(=O)C(Cc2c[nH]c3ccccc23)NC1=O. The van der Waals surface area contributed by atoms with Gasteiger partial charge < -0.3 is 139 Å². The van der Waals surface area contributed by atoms with Crippen LogP contribution in [0.5, 0.6) is 5.75 Å². The zero-order valence-electron chi connectivity index (χ0n) is 79.0. The highest BCUT2D eigenvalue weighted by Gasteiger charge is 2.46. The van der Waals surface area contributed by atoms with Crippen LogP contribution in [0.3, 0.4) is 0 Å². The fourth-order valence-electron chi connectivity index (χ4n) is 17.9. The lowest BCUT2D eigenvalue weighted by Crippen LogP contribution is -2.67. The number of primary amides is 5. The summed E-state index contributed by atoms with van der Waals surface area (Å²) in [6, 6.07) is 4.34. The number of guanidine groups is 1. The summed E-state index contributed by atoms with van der Waals surface area (Å²) in [6.45, 7) is 1.06. The van der Waals surface area contributed by atoms with Gasteiger partial charge in [-0.15, -0.1) is 0 Å². The van der Waals surface area contributed by atoms with Gasteiger partial charge in [-0.2, -0.15) is 11.8 Å². The van der Waals surface area contributed by atoms with Crippen molar-refractivity contribution in [2.45, 2.75) is 270 Å². The van der Waals surface area contributed by atoms with E-state index in [1.807, 2.05) is 6.07 Å². The first-order valence-corrected chi connectivity index (χ1v) is 48.9. The highest BCUT2D eigenvalue weighted by molar-refractivity contribution is 7.99. The first-order chi connectivity index (χ1) is 67.3. The van der Waals surface area contributed by atoms with E-state index in [1.165, 1.54) is 12.8 Å². The molecule has 45 nitrogen and oxygen atoms in total. The van der Waals surface area contributed by atoms with Crippen LogP contribution in [0, 0.1) is 17.2 Å². The number of carbonyl (C=O) groups is 18. The Morgan fingerprint density at radius 1 is 0.560 bits per heavy atom. The number of carboxylic acid groups (broad SMARTS) is 1. The van der Waals surface area contributed by atoms with Crippen molar-refractivity contribution in [3.63, 3.8) is 0 Å². The van der Waals surface area contributed by atoms with Crippen LogP contribution >= 0.6 is 11.8 Å². The molecule has 9 rings (SSSR count). The van der Waals surface area contributed by atoms with E-state index >= 15 is 38.4 Å². The number of benzene rings is 4. The highest BCUT2D eigenvalue weighted by Crippen LogP contribution is 2.38. The Bertz CT molecular complexity index is 5230. The Labute approximate surface area is 819 Å². The Morgan fingerprint density at radius 2 is 1.14 bits per heavy atom. The van der Waals surface area contributed by atoms with Gasteiger partial charge in [0.15, 0.2) is 5.96 Å². The summed E-state index contributed by atoms with van der Waals surface area (Å²) in [5.41, 5.74) is 38.7. The number of nitrogens with one attached hydrogen (secondary N) is 16. The Hall–Kier alpha value is -13.6. The summed E-state index contributed by atoms with van der Waals surface area (Å²) in [4.78, 5) is 261. The topological polar surface area (TPSA) is 756 Å². The molecule has 4 aliphatic rings. The standard InChI is InChI=1S/C95H135N23O22S/c1-52(119)80-92(137)114-72(47-59-50-105-63-19-9-8-18-62(59)63)88(133)108-65(29-32-75(97)120)83(128)115-74(51-141-43-35-68(85(130)107-66(86(131)117-80)30-33-76(98)121)109-82(127)64(20-11-39-104-94(102)103)106-60-17-10-16-56(25-26-60)55-12-4-2-3-5-13-55)90(135)111-70(45-53-22-27-61(28-23-53)140-42-38-96)87(132)112-71(46-54-21-24-57-14-6-7-15-58(57)44-54)91(136)118-95(36-40-139-41-37-95)93(138)116-67(31-34-79(124)125)84(129)113-73(49-78(100)123)89(134)110-69(81(101)126)48-77(99)122/h6-9,14-15,18-19,21-24,27-28,44,50,52,55-56,60,64-74,80,105-106,119H,2-5,10-13,16-17,20,25-26,29-43,45-49,51,96H2,1H3,(H2,97,120)(H2,98,121)(H2,99,122)(H2,100,123)(H2,101,126)(H,107,130)(H,108,133)(H,109,127)(H,110,134)(H,111,135)(H,112,132)(H,113,129)(H,114,137)(H,115,128)(H,116,138)(H,117,131)(H,118,136)(H,124,125)(H4,102,103,104). The van der Waals surface area contributed by atoms with E-state index in [-0.39, 0.29) is 89.2 Å². The third kappa shape index (κ3) is 35.6. The third-order valence-corrected chi connectivity index (χ3v) is 26.7. The summed E-state index contributed by atoms with van der Waals surface area (Å²) in [5, 5.41) is 68.8. The van der Waals surface area contributed by atoms with E-state index < -0.39 is 254 Å². The Morgan fingerprint density at radius 3 is 1.79 bits per heavy atom. The van der Waals surface area contributed by atoms with Crippen LogP contribution < -0.4 is 119 Å². The van der Waals surface area contributed by atoms with Gasteiger partial charge in [0.1, 0.15) is 84.4 Å². The summed E-state index contributed by atoms with van der Waals surface area (Å²) in [6.07, 6.45) is 3.75. The average molecular weight is 1980 g/mol. The van der Waals surface area contributed by atoms with Gasteiger partial charge in [-0.1, -0.05) is 124 Å². The molecule has 0 spiro atoms. The van der Waals surface area contributed by atoms with E-state index in [0.717, 1.165) is 81.9 Å². The number of H-pyrrole nitrogens is 1. The van der Waals surface area contributed by atoms with Gasteiger partial charge in [0, 0.05) is 107 Å². The fourth-order valence-corrected chi connectivity index (χ4v) is 19.0. The molecule has 46 heteroatoms. The van der Waals surface area contributed by atoms with Crippen molar-refractivity contribution in [1.29, 1.82) is 5.41 Å². The number of carboxylic acids is 1. The lowest BCUT2D eigenvalue weighted by Gasteiger charge is -2.38. The quantitative estimate of drug-likeness (QED) is 0.00798. The fraction of sp³-hybridized carbons (Fsp3) is 0.547. The van der Waals surface area contributed by atoms with Crippen molar-refractivity contribution < 1.29 is 106 Å². The predicted molar refractivity (Wildman–Crippen MR) is 518 cm³/mol. The van der Waals surface area contributed by atoms with E-state index in [1.54, 1.807) is 91.1 Å². The number of thioether (sulfide) groups is 1. The zero-order valence-corrected chi connectivity index (χ0v) is 79.8. The van der Waals surface area contributed by atoms with Gasteiger partial charge in [-0.05, 0) is 128 Å². The van der Waals surface area contributed by atoms with E-state index in [0.29, 0.717) is 57.0 Å². The zero-order chi connectivity index (χ0) is 102. The summed E-state index contributed by atoms with van der Waals surface area (Å²) in [7, 11) is 0. The summed E-state index contributed by atoms with van der Waals surface area (Å²) >= 11 is 0.920. The smallest absolute Gasteiger partial charge is 0.303 e. The van der Waals surface area contributed by atoms with E-state index in [2.05, 4.69) is 79.4 Å². The second kappa shape index (κ2) is 55.4. The number of aliphatic hydroxyl groups is 1. The molecule has 2 saturated carbocycles. The molecular weight excluding hydrogens is 1850 g/mol. The molecule has 141 heavy (non-hydrogen) atoms. The molecule has 15 atom stereocenters. The van der Waals surface area contributed by atoms with Crippen LogP contribution in [0.4, 0.5) is 0 Å². The number of aliphatic carboxylic acids is 1. The number of nitrogens with two attached hydrogens (primary N) is 7. The van der Waals surface area contributed by atoms with E-state index in [4.69, 9.17) is 55.0 Å². The van der Waals surface area contributed by atoms with Gasteiger partial charge in [0.25, 0.3) is 0 Å². The van der Waals surface area contributed by atoms with Gasteiger partial charge in [0.2, 0.25) is 100 Å². The minimum absolute atomic E-state index is 0.0887. The number of amides is 17. The molecular formula is C95H135N23O22S. The number of carbonyl (C=O) groups excluding carboxylic acids is 17. The molecule has 2 aliphatic heterocycles. The molecule has 4 fully saturated rings. The maximum atomic E-state index is 16.1. The second-order valence-electron chi connectivity index (χ2n) is 36.4. The highest BCUT2D eigenvalue weighted by atomic mass is 32.2. The molecule has 15 unspecified atom stereocenters. The second-order valence-corrected chi connectivity index (χ2v) is 37.5. The summed E-state index contributed by atoms with van der Waals surface area (Å²) in [5.74, 6) is -19.7. The lowest BCUT2D eigenvalue weighted by molar-refractivity contribution is -0.142. The van der Waals surface area contributed by atoms with Crippen molar-refractivity contribution in [2.75, 3.05) is 44.4 Å².